The van der Waals surface area contributed by atoms with Crippen LogP contribution in [-0.2, 0) is 14.2 Å². The number of amides is 1. The van der Waals surface area contributed by atoms with E-state index in [0.29, 0.717) is 50.4 Å². The Morgan fingerprint density at radius 2 is 1.44 bits per heavy atom. The number of carbonyl (C=O) groups excluding carboxylic acids is 3. The number of ether oxygens (including phenoxy) is 3. The summed E-state index contributed by atoms with van der Waals surface area (Å²) in [7, 11) is 2.48. The number of benzene rings is 1. The smallest absolute Gasteiger partial charge is 0.409 e. The lowest BCUT2D eigenvalue weighted by atomic mass is 10.1. The number of hydrogen-bond acceptors (Lipinski definition) is 9. The zero-order chi connectivity index (χ0) is 28.5. The average molecular weight is 558 g/mol. The second-order valence-corrected chi connectivity index (χ2v) is 8.81. The number of methoxy groups -OCH3 is 2. The highest BCUT2D eigenvalue weighted by Gasteiger charge is 2.25. The summed E-state index contributed by atoms with van der Waals surface area (Å²) in [6, 6.07) is 6.18. The zero-order valence-electron chi connectivity index (χ0n) is 22.4. The monoisotopic (exact) mass is 557 g/mol. The fourth-order valence-electron chi connectivity index (χ4n) is 3.79. The maximum atomic E-state index is 12.1. The topological polar surface area (TPSA) is 148 Å². The maximum absolute atomic E-state index is 12.1. The van der Waals surface area contributed by atoms with Gasteiger partial charge < -0.3 is 29.3 Å². The van der Waals surface area contributed by atoms with E-state index in [2.05, 4.69) is 25.6 Å². The fourth-order valence-corrected chi connectivity index (χ4v) is 4.00. The number of aromatic nitrogens is 2. The van der Waals surface area contributed by atoms with Gasteiger partial charge in [0.1, 0.15) is 0 Å². The van der Waals surface area contributed by atoms with Crippen molar-refractivity contribution in [2.75, 3.05) is 57.6 Å². The Morgan fingerprint density at radius 1 is 0.897 bits per heavy atom. The van der Waals surface area contributed by atoms with Crippen LogP contribution in [0.2, 0.25) is 0 Å². The molecule has 2 heterocycles. The summed E-state index contributed by atoms with van der Waals surface area (Å²) in [5.41, 5.74) is 2.14. The number of thiocarbonyl (C=S) groups is 1. The molecular formula is C25H31N7O6S. The highest BCUT2D eigenvalue weighted by molar-refractivity contribution is 7.80. The number of aliphatic imine (C=N–C) groups is 1. The van der Waals surface area contributed by atoms with Crippen molar-refractivity contribution in [3.63, 3.8) is 0 Å². The van der Waals surface area contributed by atoms with Crippen molar-refractivity contribution in [2.45, 2.75) is 20.8 Å². The van der Waals surface area contributed by atoms with Gasteiger partial charge in [-0.3, -0.25) is 5.32 Å². The second kappa shape index (κ2) is 13.5. The summed E-state index contributed by atoms with van der Waals surface area (Å²) >= 11 is 5.50. The lowest BCUT2D eigenvalue weighted by Crippen LogP contribution is -2.52. The van der Waals surface area contributed by atoms with Crippen LogP contribution in [0.5, 0.6) is 0 Å². The third-order valence-corrected chi connectivity index (χ3v) is 5.74. The summed E-state index contributed by atoms with van der Waals surface area (Å²) in [6.45, 7) is 7.49. The first-order valence-electron chi connectivity index (χ1n) is 12.1. The SMILES string of the molecule is CCOC(=O)N1CCN(/C(=N\C(=S)Nc2cc(C(=O)OC)cc(C(=O)OC)c2)Nc2nc(C)cc(C)n2)CC1. The number of anilines is 2. The van der Waals surface area contributed by atoms with E-state index < -0.39 is 11.9 Å². The third kappa shape index (κ3) is 8.07. The van der Waals surface area contributed by atoms with Crippen molar-refractivity contribution in [2.24, 2.45) is 4.99 Å². The van der Waals surface area contributed by atoms with Crippen molar-refractivity contribution < 1.29 is 28.6 Å². The average Bonchev–Trinajstić information content (AvgIpc) is 2.91. The molecule has 1 aliphatic heterocycles. The number of nitrogens with one attached hydrogen (secondary N) is 2. The van der Waals surface area contributed by atoms with Gasteiger partial charge in [-0.2, -0.15) is 4.99 Å². The molecule has 2 N–H and O–H groups in total. The van der Waals surface area contributed by atoms with Crippen LogP contribution in [0.15, 0.2) is 29.3 Å². The van der Waals surface area contributed by atoms with Gasteiger partial charge in [0.25, 0.3) is 0 Å². The Labute approximate surface area is 231 Å². The molecule has 208 valence electrons. The molecule has 3 rings (SSSR count). The lowest BCUT2D eigenvalue weighted by molar-refractivity contribution is 0.0599. The van der Waals surface area contributed by atoms with E-state index in [1.165, 1.54) is 32.4 Å². The molecule has 39 heavy (non-hydrogen) atoms. The Hall–Kier alpha value is -4.33. The lowest BCUT2D eigenvalue weighted by Gasteiger charge is -2.35. The molecule has 2 aromatic rings. The van der Waals surface area contributed by atoms with Crippen LogP contribution in [-0.4, -0.2) is 95.9 Å². The quantitative estimate of drug-likeness (QED) is 0.183. The van der Waals surface area contributed by atoms with Gasteiger partial charge >= 0.3 is 18.0 Å². The summed E-state index contributed by atoms with van der Waals surface area (Å²) in [5, 5.41) is 6.11. The highest BCUT2D eigenvalue weighted by atomic mass is 32.1. The normalized spacial score (nSPS) is 13.4. The van der Waals surface area contributed by atoms with E-state index in [4.69, 9.17) is 26.4 Å². The molecule has 0 radical (unpaired) electrons. The van der Waals surface area contributed by atoms with Crippen molar-refractivity contribution in [3.05, 3.63) is 46.8 Å². The summed E-state index contributed by atoms with van der Waals surface area (Å²) in [4.78, 5) is 53.4. The number of hydrogen-bond donors (Lipinski definition) is 2. The number of esters is 2. The molecule has 1 saturated heterocycles. The van der Waals surface area contributed by atoms with Crippen LogP contribution in [0.25, 0.3) is 0 Å². The Morgan fingerprint density at radius 3 is 1.95 bits per heavy atom. The molecule has 0 atom stereocenters. The first kappa shape index (κ1) is 29.2. The van der Waals surface area contributed by atoms with Crippen molar-refractivity contribution in [1.29, 1.82) is 0 Å². The van der Waals surface area contributed by atoms with Gasteiger partial charge in [0.2, 0.25) is 17.0 Å². The Bertz CT molecular complexity index is 1220. The minimum atomic E-state index is -0.632. The standard InChI is InChI=1S/C25H31N7O6S/c1-6-38-25(35)32-9-7-31(8-10-32)23(29-22-26-15(2)11-16(3)27-22)30-24(39)28-19-13-17(20(33)36-4)12-18(14-19)21(34)37-5/h11-14H,6-10H2,1-5H3,(H2,26,27,28,29,30,39). The summed E-state index contributed by atoms with van der Waals surface area (Å²) in [5.74, 6) is -0.570. The molecule has 0 bridgehead atoms. The largest absolute Gasteiger partial charge is 0.465 e. The van der Waals surface area contributed by atoms with Crippen molar-refractivity contribution >= 4 is 53.0 Å². The van der Waals surface area contributed by atoms with E-state index in [9.17, 15) is 14.4 Å². The third-order valence-electron chi connectivity index (χ3n) is 5.55. The fraction of sp³-hybridized carbons (Fsp3) is 0.400. The molecular weight excluding hydrogens is 526 g/mol. The van der Waals surface area contributed by atoms with Gasteiger partial charge in [0, 0.05) is 43.3 Å². The van der Waals surface area contributed by atoms with Crippen LogP contribution in [0, 0.1) is 13.8 Å². The van der Waals surface area contributed by atoms with Crippen LogP contribution in [0.4, 0.5) is 16.4 Å². The van der Waals surface area contributed by atoms with E-state index in [1.807, 2.05) is 24.8 Å². The Kier molecular flexibility index (Phi) is 10.1. The van der Waals surface area contributed by atoms with Gasteiger partial charge in [-0.05, 0) is 57.3 Å². The van der Waals surface area contributed by atoms with Crippen molar-refractivity contribution in [3.8, 4) is 0 Å². The summed E-state index contributed by atoms with van der Waals surface area (Å²) < 4.78 is 14.7. The minimum Gasteiger partial charge on any atom is -0.465 e. The predicted molar refractivity (Wildman–Crippen MR) is 148 cm³/mol. The Balaban J connectivity index is 1.88. The molecule has 1 aliphatic rings. The van der Waals surface area contributed by atoms with Crippen LogP contribution in [0.3, 0.4) is 0 Å². The van der Waals surface area contributed by atoms with E-state index in [-0.39, 0.29) is 22.3 Å². The van der Waals surface area contributed by atoms with E-state index >= 15 is 0 Å². The first-order valence-corrected chi connectivity index (χ1v) is 12.5. The molecule has 14 heteroatoms. The number of nitrogens with zero attached hydrogens (tertiary/aromatic N) is 5. The molecule has 1 fully saturated rings. The van der Waals surface area contributed by atoms with E-state index in [0.717, 1.165) is 11.4 Å². The number of aryl methyl sites for hydroxylation is 2. The second-order valence-electron chi connectivity index (χ2n) is 8.42. The summed E-state index contributed by atoms with van der Waals surface area (Å²) in [6.07, 6.45) is -0.370. The van der Waals surface area contributed by atoms with Crippen LogP contribution in [0.1, 0.15) is 39.0 Å². The molecule has 1 aromatic carbocycles. The molecule has 13 nitrogen and oxygen atoms in total. The molecule has 0 unspecified atom stereocenters. The molecule has 0 saturated carbocycles. The molecule has 1 amide bonds. The number of rotatable bonds is 5. The highest BCUT2D eigenvalue weighted by Crippen LogP contribution is 2.18. The zero-order valence-corrected chi connectivity index (χ0v) is 23.3. The van der Waals surface area contributed by atoms with Gasteiger partial charge in [-0.25, -0.2) is 24.4 Å². The molecule has 0 spiro atoms. The maximum Gasteiger partial charge on any atom is 0.409 e. The van der Waals surface area contributed by atoms with Gasteiger partial charge in [-0.1, -0.05) is 0 Å². The predicted octanol–water partition coefficient (Wildman–Crippen LogP) is 2.61. The van der Waals surface area contributed by atoms with Crippen LogP contribution >= 0.6 is 12.2 Å². The van der Waals surface area contributed by atoms with E-state index in [1.54, 1.807) is 11.8 Å². The van der Waals surface area contributed by atoms with Crippen LogP contribution < -0.4 is 10.6 Å². The number of piperazine rings is 1. The molecule has 0 aliphatic carbocycles. The first-order chi connectivity index (χ1) is 18.6. The minimum absolute atomic E-state index is 0.0347. The van der Waals surface area contributed by atoms with Crippen molar-refractivity contribution in [1.82, 2.24) is 19.8 Å². The van der Waals surface area contributed by atoms with Gasteiger partial charge in [0.15, 0.2) is 0 Å². The number of carbonyl (C=O) groups is 3. The molecule has 1 aromatic heterocycles. The van der Waals surface area contributed by atoms with Gasteiger partial charge in [-0.15, -0.1) is 0 Å². The van der Waals surface area contributed by atoms with Gasteiger partial charge in [0.05, 0.1) is 32.0 Å². The number of guanidine groups is 1.